The van der Waals surface area contributed by atoms with Crippen molar-refractivity contribution in [3.63, 3.8) is 0 Å². The molecule has 2 aromatic rings. The van der Waals surface area contributed by atoms with Crippen molar-refractivity contribution in [3.05, 3.63) is 33.3 Å². The molecule has 0 spiro atoms. The Morgan fingerprint density at radius 3 is 2.46 bits per heavy atom. The molecule has 0 unspecified atom stereocenters. The molecule has 1 N–H and O–H groups in total. The second-order valence-corrected chi connectivity index (χ2v) is 15.2. The Labute approximate surface area is 227 Å². The second-order valence-electron chi connectivity index (χ2n) is 11.0. The number of carbonyl (C=O) groups excluding carboxylic acids is 1. The SMILES string of the molecule is CC(C)(C)C#Cc1cc(N(C(=O)[C@H]2CC[C@H](C)CC2)[C@H]2CCN(S(=O)(=O)c3cccs3)C2)c(C(=O)O)s1. The molecule has 4 rings (SSSR count). The van der Waals surface area contributed by atoms with Gasteiger partial charge < -0.3 is 10.0 Å². The number of carboxylic acids is 1. The van der Waals surface area contributed by atoms with Gasteiger partial charge >= 0.3 is 5.97 Å². The molecule has 1 saturated carbocycles. The van der Waals surface area contributed by atoms with E-state index in [9.17, 15) is 23.1 Å². The highest BCUT2D eigenvalue weighted by Crippen LogP contribution is 2.38. The first kappa shape index (κ1) is 27.8. The minimum Gasteiger partial charge on any atom is -0.477 e. The Balaban J connectivity index is 1.72. The number of hydrogen-bond acceptors (Lipinski definition) is 6. The van der Waals surface area contributed by atoms with Gasteiger partial charge in [-0.2, -0.15) is 4.31 Å². The Morgan fingerprint density at radius 1 is 1.16 bits per heavy atom. The van der Waals surface area contributed by atoms with Crippen LogP contribution in [0.15, 0.2) is 27.8 Å². The lowest BCUT2D eigenvalue weighted by molar-refractivity contribution is -0.124. The zero-order valence-electron chi connectivity index (χ0n) is 21.7. The van der Waals surface area contributed by atoms with E-state index >= 15 is 0 Å². The highest BCUT2D eigenvalue weighted by molar-refractivity contribution is 7.91. The molecule has 0 radical (unpaired) electrons. The molecule has 200 valence electrons. The maximum Gasteiger partial charge on any atom is 0.348 e. The zero-order valence-corrected chi connectivity index (χ0v) is 24.1. The van der Waals surface area contributed by atoms with E-state index in [-0.39, 0.29) is 39.4 Å². The zero-order chi connectivity index (χ0) is 27.0. The summed E-state index contributed by atoms with van der Waals surface area (Å²) >= 11 is 2.23. The molecule has 10 heteroatoms. The summed E-state index contributed by atoms with van der Waals surface area (Å²) in [6.07, 6.45) is 3.85. The predicted molar refractivity (Wildman–Crippen MR) is 148 cm³/mol. The minimum atomic E-state index is -3.67. The van der Waals surface area contributed by atoms with E-state index in [1.54, 1.807) is 28.5 Å². The highest BCUT2D eigenvalue weighted by atomic mass is 32.2. The molecular weight excluding hydrogens is 529 g/mol. The third-order valence-corrected chi connectivity index (χ3v) is 11.2. The van der Waals surface area contributed by atoms with Gasteiger partial charge in [0.15, 0.2) is 0 Å². The van der Waals surface area contributed by atoms with Crippen LogP contribution in [0.4, 0.5) is 5.69 Å². The molecule has 1 aliphatic heterocycles. The summed E-state index contributed by atoms with van der Waals surface area (Å²) in [5.41, 5.74) is 0.0731. The second kappa shape index (κ2) is 10.9. The van der Waals surface area contributed by atoms with E-state index in [2.05, 4.69) is 18.8 Å². The first-order valence-corrected chi connectivity index (χ1v) is 15.8. The molecule has 3 heterocycles. The number of nitrogens with zero attached hydrogens (tertiary/aromatic N) is 2. The molecule has 1 aliphatic carbocycles. The summed E-state index contributed by atoms with van der Waals surface area (Å²) in [7, 11) is -3.67. The largest absolute Gasteiger partial charge is 0.477 e. The molecule has 2 aromatic heterocycles. The fraction of sp³-hybridized carbons (Fsp3) is 0.556. The monoisotopic (exact) mass is 562 g/mol. The number of thiophene rings is 2. The first-order chi connectivity index (χ1) is 17.4. The van der Waals surface area contributed by atoms with Gasteiger partial charge in [0.2, 0.25) is 5.91 Å². The molecule has 37 heavy (non-hydrogen) atoms. The van der Waals surface area contributed by atoms with Crippen molar-refractivity contribution in [3.8, 4) is 11.8 Å². The number of sulfonamides is 1. The minimum absolute atomic E-state index is 0.0651. The number of carboxylic acid groups (broad SMARTS) is 1. The van der Waals surface area contributed by atoms with Crippen molar-refractivity contribution in [1.82, 2.24) is 4.31 Å². The Morgan fingerprint density at radius 2 is 1.86 bits per heavy atom. The number of amides is 1. The molecule has 0 aromatic carbocycles. The number of aromatic carboxylic acids is 1. The number of carbonyl (C=O) groups is 2. The van der Waals surface area contributed by atoms with Gasteiger partial charge in [-0.3, -0.25) is 4.79 Å². The standard InChI is InChI=1S/C27H34N2O5S3/c1-18-7-9-19(10-8-18)25(30)29(20-12-14-28(17-20)37(33,34)23-6-5-15-35-23)22-16-21(11-13-27(2,3)4)36-24(22)26(31)32/h5-6,15-16,18-20H,7-10,12,14,17H2,1-4H3,(H,31,32)/t18-,19-,20-/m0/s1. The Hall–Kier alpha value is -2.19. The van der Waals surface area contributed by atoms with E-state index in [4.69, 9.17) is 0 Å². The summed E-state index contributed by atoms with van der Waals surface area (Å²) in [5.74, 6) is 5.36. The average Bonchev–Trinajstić information content (AvgIpc) is 3.59. The molecule has 2 fully saturated rings. The van der Waals surface area contributed by atoms with Gasteiger partial charge in [-0.15, -0.1) is 22.7 Å². The smallest absolute Gasteiger partial charge is 0.348 e. The fourth-order valence-corrected chi connectivity index (χ4v) is 8.38. The lowest BCUT2D eigenvalue weighted by atomic mass is 9.82. The molecule has 2 aliphatic rings. The van der Waals surface area contributed by atoms with Crippen LogP contribution in [-0.2, 0) is 14.8 Å². The first-order valence-electron chi connectivity index (χ1n) is 12.6. The van der Waals surface area contributed by atoms with Crippen molar-refractivity contribution >= 4 is 50.3 Å². The molecule has 1 amide bonds. The van der Waals surface area contributed by atoms with Crippen molar-refractivity contribution in [2.24, 2.45) is 17.3 Å². The number of hydrogen-bond donors (Lipinski definition) is 1. The molecule has 0 bridgehead atoms. The molecule has 1 saturated heterocycles. The average molecular weight is 563 g/mol. The molecular formula is C27H34N2O5S3. The fourth-order valence-electron chi connectivity index (χ4n) is 4.90. The summed E-state index contributed by atoms with van der Waals surface area (Å²) in [5, 5.41) is 11.8. The highest BCUT2D eigenvalue weighted by Gasteiger charge is 2.41. The normalized spacial score (nSPS) is 22.9. The topological polar surface area (TPSA) is 95.0 Å². The quantitative estimate of drug-likeness (QED) is 0.467. The van der Waals surface area contributed by atoms with Crippen LogP contribution in [0.25, 0.3) is 0 Å². The number of rotatable bonds is 6. The molecule has 1 atom stereocenters. The maximum atomic E-state index is 14.0. The number of anilines is 1. The Bertz CT molecular complexity index is 1300. The summed E-state index contributed by atoms with van der Waals surface area (Å²) in [6, 6.07) is 4.54. The van der Waals surface area contributed by atoms with Crippen molar-refractivity contribution in [2.75, 3.05) is 18.0 Å². The van der Waals surface area contributed by atoms with Crippen LogP contribution in [0.5, 0.6) is 0 Å². The van der Waals surface area contributed by atoms with E-state index in [1.165, 1.54) is 15.6 Å². The van der Waals surface area contributed by atoms with E-state index in [0.717, 1.165) is 37.0 Å². The van der Waals surface area contributed by atoms with E-state index < -0.39 is 22.0 Å². The van der Waals surface area contributed by atoms with Crippen LogP contribution in [0.1, 0.15) is 74.3 Å². The third kappa shape index (κ3) is 6.28. The molecule has 7 nitrogen and oxygen atoms in total. The Kier molecular flexibility index (Phi) is 8.19. The summed E-state index contributed by atoms with van der Waals surface area (Å²) < 4.78 is 28.1. The van der Waals surface area contributed by atoms with Crippen molar-refractivity contribution in [2.45, 2.75) is 70.1 Å². The third-order valence-electron chi connectivity index (χ3n) is 6.91. The lowest BCUT2D eigenvalue weighted by Gasteiger charge is -2.34. The maximum absolute atomic E-state index is 14.0. The van der Waals surface area contributed by atoms with Gasteiger partial charge in [-0.05, 0) is 76.3 Å². The van der Waals surface area contributed by atoms with Crippen LogP contribution in [0.2, 0.25) is 0 Å². The van der Waals surface area contributed by atoms with Gasteiger partial charge in [0, 0.05) is 24.4 Å². The van der Waals surface area contributed by atoms with Crippen molar-refractivity contribution < 1.29 is 23.1 Å². The van der Waals surface area contributed by atoms with E-state index in [0.29, 0.717) is 22.9 Å². The van der Waals surface area contributed by atoms with Crippen LogP contribution in [0, 0.1) is 29.1 Å². The van der Waals surface area contributed by atoms with Crippen molar-refractivity contribution in [1.29, 1.82) is 0 Å². The van der Waals surface area contributed by atoms with Gasteiger partial charge in [-0.25, -0.2) is 13.2 Å². The van der Waals surface area contributed by atoms with Crippen LogP contribution in [0.3, 0.4) is 0 Å². The summed E-state index contributed by atoms with van der Waals surface area (Å²) in [6.45, 7) is 8.53. The summed E-state index contributed by atoms with van der Waals surface area (Å²) in [4.78, 5) is 28.6. The predicted octanol–water partition coefficient (Wildman–Crippen LogP) is 5.53. The van der Waals surface area contributed by atoms with Gasteiger partial charge in [0.05, 0.1) is 16.6 Å². The van der Waals surface area contributed by atoms with Gasteiger partial charge in [-0.1, -0.05) is 24.8 Å². The van der Waals surface area contributed by atoms with E-state index in [1.807, 2.05) is 20.8 Å². The van der Waals surface area contributed by atoms with Crippen LogP contribution >= 0.6 is 22.7 Å². The van der Waals surface area contributed by atoms with Gasteiger partial charge in [0.1, 0.15) is 9.09 Å². The van der Waals surface area contributed by atoms with Gasteiger partial charge in [0.25, 0.3) is 10.0 Å². The lowest BCUT2D eigenvalue weighted by Crippen LogP contribution is -2.46. The van der Waals surface area contributed by atoms with Crippen LogP contribution < -0.4 is 4.90 Å². The van der Waals surface area contributed by atoms with Crippen LogP contribution in [-0.4, -0.2) is 48.8 Å².